The van der Waals surface area contributed by atoms with E-state index in [9.17, 15) is 14.5 Å². The zero-order chi connectivity index (χ0) is 19.2. The number of nitrogen functional groups attached to an aromatic ring is 1. The Labute approximate surface area is 154 Å². The average Bonchev–Trinajstić information content (AvgIpc) is 2.64. The molecule has 0 bridgehead atoms. The van der Waals surface area contributed by atoms with Gasteiger partial charge in [0.2, 0.25) is 17.6 Å². The Morgan fingerprint density at radius 1 is 1.30 bits per heavy atom. The van der Waals surface area contributed by atoms with Gasteiger partial charge in [-0.1, -0.05) is 12.1 Å². The highest BCUT2D eigenvalue weighted by molar-refractivity contribution is 5.74. The Kier molecular flexibility index (Phi) is 5.94. The molecule has 0 atom stereocenters. The van der Waals surface area contributed by atoms with Gasteiger partial charge in [0, 0.05) is 26.2 Å². The van der Waals surface area contributed by atoms with Gasteiger partial charge in [-0.3, -0.25) is 15.0 Å². The minimum absolute atomic E-state index is 0.0537. The van der Waals surface area contributed by atoms with Crippen molar-refractivity contribution in [3.63, 3.8) is 0 Å². The third-order valence-corrected chi connectivity index (χ3v) is 4.04. The van der Waals surface area contributed by atoms with Crippen LogP contribution in [-0.2, 0) is 4.74 Å². The van der Waals surface area contributed by atoms with Gasteiger partial charge >= 0.3 is 5.69 Å². The molecule has 0 radical (unpaired) electrons. The molecule has 2 aromatic rings. The molecule has 144 valence electrons. The fourth-order valence-corrected chi connectivity index (χ4v) is 2.66. The molecule has 1 aromatic carbocycles. The van der Waals surface area contributed by atoms with Crippen LogP contribution in [0.3, 0.4) is 0 Å². The topological polar surface area (TPSA) is 131 Å². The summed E-state index contributed by atoms with van der Waals surface area (Å²) in [7, 11) is 0. The maximum Gasteiger partial charge on any atom is 0.353 e. The molecule has 0 amide bonds. The fourth-order valence-electron chi connectivity index (χ4n) is 2.66. The summed E-state index contributed by atoms with van der Waals surface area (Å²) in [6.45, 7) is 4.32. The van der Waals surface area contributed by atoms with Crippen LogP contribution in [0.5, 0.6) is 0 Å². The second-order valence-electron chi connectivity index (χ2n) is 5.87. The van der Waals surface area contributed by atoms with Crippen molar-refractivity contribution in [2.24, 2.45) is 0 Å². The Morgan fingerprint density at radius 2 is 2.04 bits per heavy atom. The van der Waals surface area contributed by atoms with E-state index in [0.717, 1.165) is 19.6 Å². The van der Waals surface area contributed by atoms with Gasteiger partial charge in [-0.05, 0) is 12.1 Å². The largest absolute Gasteiger partial charge is 0.379 e. The number of ether oxygens (including phenoxy) is 1. The van der Waals surface area contributed by atoms with Crippen LogP contribution in [0, 0.1) is 15.9 Å². The van der Waals surface area contributed by atoms with E-state index in [4.69, 9.17) is 10.5 Å². The summed E-state index contributed by atoms with van der Waals surface area (Å²) in [4.78, 5) is 20.9. The van der Waals surface area contributed by atoms with Crippen molar-refractivity contribution in [3.05, 3.63) is 40.2 Å². The highest BCUT2D eigenvalue weighted by Gasteiger charge is 2.24. The number of anilines is 4. The first-order chi connectivity index (χ1) is 13.0. The minimum Gasteiger partial charge on any atom is -0.379 e. The minimum atomic E-state index is -0.698. The molecule has 1 aliphatic heterocycles. The zero-order valence-corrected chi connectivity index (χ0v) is 14.5. The molecule has 0 aliphatic carbocycles. The van der Waals surface area contributed by atoms with Crippen molar-refractivity contribution >= 4 is 29.0 Å². The average molecular weight is 377 g/mol. The van der Waals surface area contributed by atoms with Crippen LogP contribution in [0.2, 0.25) is 0 Å². The summed E-state index contributed by atoms with van der Waals surface area (Å²) in [6.07, 6.45) is 0. The zero-order valence-electron chi connectivity index (χ0n) is 14.5. The van der Waals surface area contributed by atoms with E-state index in [1.165, 1.54) is 18.2 Å². The van der Waals surface area contributed by atoms with Gasteiger partial charge < -0.3 is 21.1 Å². The Hall–Kier alpha value is -3.05. The van der Waals surface area contributed by atoms with Gasteiger partial charge in [0.05, 0.1) is 23.8 Å². The van der Waals surface area contributed by atoms with Crippen LogP contribution in [0.4, 0.5) is 33.3 Å². The summed E-state index contributed by atoms with van der Waals surface area (Å²) in [5, 5.41) is 16.9. The smallest absolute Gasteiger partial charge is 0.353 e. The highest BCUT2D eigenvalue weighted by Crippen LogP contribution is 2.31. The number of hydrogen-bond donors (Lipinski definition) is 3. The lowest BCUT2D eigenvalue weighted by atomic mass is 10.3. The highest BCUT2D eigenvalue weighted by atomic mass is 19.1. The van der Waals surface area contributed by atoms with E-state index in [1.54, 1.807) is 6.07 Å². The molecule has 4 N–H and O–H groups in total. The standard InChI is InChI=1S/C16H20FN7O3/c17-11-3-1-2-4-12(11)20-15-13(24(25)26)14(18)21-16(22-15)19-5-6-23-7-9-27-10-8-23/h1-4H,5-10H2,(H4,18,19,20,21,22). The van der Waals surface area contributed by atoms with Crippen molar-refractivity contribution in [3.8, 4) is 0 Å². The molecule has 1 aliphatic rings. The number of hydrogen-bond acceptors (Lipinski definition) is 9. The summed E-state index contributed by atoms with van der Waals surface area (Å²) >= 11 is 0. The van der Waals surface area contributed by atoms with Gasteiger partial charge in [0.15, 0.2) is 0 Å². The molecule has 1 aromatic heterocycles. The van der Waals surface area contributed by atoms with E-state index >= 15 is 0 Å². The number of nitrogens with one attached hydrogen (secondary N) is 2. The number of nitro groups is 1. The number of halogens is 1. The molecule has 0 spiro atoms. The summed E-state index contributed by atoms with van der Waals surface area (Å²) in [5.41, 5.74) is 5.29. The van der Waals surface area contributed by atoms with E-state index in [0.29, 0.717) is 19.8 Å². The van der Waals surface area contributed by atoms with E-state index in [-0.39, 0.29) is 23.3 Å². The van der Waals surface area contributed by atoms with E-state index < -0.39 is 16.4 Å². The first kappa shape index (κ1) is 18.7. The maximum absolute atomic E-state index is 13.9. The van der Waals surface area contributed by atoms with Crippen molar-refractivity contribution in [1.29, 1.82) is 0 Å². The molecule has 0 unspecified atom stereocenters. The molecule has 10 nitrogen and oxygen atoms in total. The number of nitrogens with zero attached hydrogens (tertiary/aromatic N) is 4. The molecule has 1 fully saturated rings. The first-order valence-electron chi connectivity index (χ1n) is 8.42. The van der Waals surface area contributed by atoms with Crippen molar-refractivity contribution in [2.45, 2.75) is 0 Å². The summed E-state index contributed by atoms with van der Waals surface area (Å²) in [5.74, 6) is -0.912. The second-order valence-corrected chi connectivity index (χ2v) is 5.87. The predicted octanol–water partition coefficient (Wildman–Crippen LogP) is 1.59. The van der Waals surface area contributed by atoms with E-state index in [2.05, 4.69) is 25.5 Å². The number of nitrogens with two attached hydrogens (primary N) is 1. The molecule has 11 heteroatoms. The summed E-state index contributed by atoms with van der Waals surface area (Å²) in [6, 6.07) is 5.80. The number of rotatable bonds is 7. The van der Waals surface area contributed by atoms with Gasteiger partial charge in [0.1, 0.15) is 5.82 Å². The van der Waals surface area contributed by atoms with Crippen LogP contribution in [-0.4, -0.2) is 59.2 Å². The van der Waals surface area contributed by atoms with Gasteiger partial charge in [-0.2, -0.15) is 9.97 Å². The SMILES string of the molecule is Nc1nc(NCCN2CCOCC2)nc(Nc2ccccc2F)c1[N+](=O)[O-]. The molecule has 2 heterocycles. The van der Waals surface area contributed by atoms with Crippen LogP contribution >= 0.6 is 0 Å². The number of para-hydroxylation sites is 1. The quantitative estimate of drug-likeness (QED) is 0.486. The van der Waals surface area contributed by atoms with Crippen molar-refractivity contribution in [2.75, 3.05) is 55.8 Å². The molecule has 3 rings (SSSR count). The number of morpholine rings is 1. The third-order valence-electron chi connectivity index (χ3n) is 4.04. The Bertz CT molecular complexity index is 815. The molecular weight excluding hydrogens is 357 g/mol. The lowest BCUT2D eigenvalue weighted by Crippen LogP contribution is -2.39. The van der Waals surface area contributed by atoms with E-state index in [1.807, 2.05) is 0 Å². The number of aromatic nitrogens is 2. The molecule has 27 heavy (non-hydrogen) atoms. The van der Waals surface area contributed by atoms with Crippen LogP contribution in [0.15, 0.2) is 24.3 Å². The fraction of sp³-hybridized carbons (Fsp3) is 0.375. The van der Waals surface area contributed by atoms with Crippen LogP contribution in [0.1, 0.15) is 0 Å². The van der Waals surface area contributed by atoms with Gasteiger partial charge in [-0.25, -0.2) is 4.39 Å². The third kappa shape index (κ3) is 4.77. The van der Waals surface area contributed by atoms with Crippen molar-refractivity contribution in [1.82, 2.24) is 14.9 Å². The van der Waals surface area contributed by atoms with Gasteiger partial charge in [0.25, 0.3) is 0 Å². The Balaban J connectivity index is 1.76. The normalized spacial score (nSPS) is 14.7. The molecular formula is C16H20FN7O3. The lowest BCUT2D eigenvalue weighted by molar-refractivity contribution is -0.383. The van der Waals surface area contributed by atoms with Crippen LogP contribution < -0.4 is 16.4 Å². The molecule has 0 saturated carbocycles. The second kappa shape index (κ2) is 8.56. The number of benzene rings is 1. The summed E-state index contributed by atoms with van der Waals surface area (Å²) < 4.78 is 19.2. The van der Waals surface area contributed by atoms with Crippen molar-refractivity contribution < 1.29 is 14.1 Å². The Morgan fingerprint density at radius 3 is 2.74 bits per heavy atom. The van der Waals surface area contributed by atoms with Crippen LogP contribution in [0.25, 0.3) is 0 Å². The first-order valence-corrected chi connectivity index (χ1v) is 8.42. The lowest BCUT2D eigenvalue weighted by Gasteiger charge is -2.26. The molecule has 1 saturated heterocycles. The van der Waals surface area contributed by atoms with Gasteiger partial charge in [-0.15, -0.1) is 0 Å². The predicted molar refractivity (Wildman–Crippen MR) is 98.5 cm³/mol. The maximum atomic E-state index is 13.9. The monoisotopic (exact) mass is 377 g/mol.